The third-order valence-electron chi connectivity index (χ3n) is 3.50. The number of hydrogen-bond acceptors (Lipinski definition) is 3. The highest BCUT2D eigenvalue weighted by Gasteiger charge is 2.17. The molecule has 3 heteroatoms. The molecule has 0 heterocycles. The zero-order valence-electron chi connectivity index (χ0n) is 11.3. The van der Waals surface area contributed by atoms with Crippen LogP contribution in [0.5, 0.6) is 0 Å². The van der Waals surface area contributed by atoms with Crippen LogP contribution in [0.4, 0.5) is 0 Å². The van der Waals surface area contributed by atoms with Crippen molar-refractivity contribution < 1.29 is 4.79 Å². The molecule has 2 rings (SSSR count). The summed E-state index contributed by atoms with van der Waals surface area (Å²) in [6, 6.07) is 9.53. The Morgan fingerprint density at radius 2 is 2.15 bits per heavy atom. The number of allylic oxidation sites excluding steroid dienone is 3. The Kier molecular flexibility index (Phi) is 5.28. The van der Waals surface area contributed by atoms with Gasteiger partial charge in [0.25, 0.3) is 0 Å². The minimum absolute atomic E-state index is 0.130. The summed E-state index contributed by atoms with van der Waals surface area (Å²) in [5.41, 5.74) is 1.84. The first kappa shape index (κ1) is 14.2. The number of nitriles is 1. The lowest BCUT2D eigenvalue weighted by Gasteiger charge is -2.21. The van der Waals surface area contributed by atoms with Gasteiger partial charge in [0, 0.05) is 5.92 Å². The van der Waals surface area contributed by atoms with Crippen molar-refractivity contribution >= 4 is 6.29 Å². The molecule has 1 aromatic rings. The molecule has 0 fully saturated rings. The van der Waals surface area contributed by atoms with Gasteiger partial charge in [0.1, 0.15) is 6.29 Å². The van der Waals surface area contributed by atoms with E-state index in [1.165, 1.54) is 5.56 Å². The maximum absolute atomic E-state index is 11.2. The van der Waals surface area contributed by atoms with Gasteiger partial charge >= 0.3 is 0 Å². The number of aldehydes is 1. The first-order valence-corrected chi connectivity index (χ1v) is 6.84. The maximum atomic E-state index is 11.2. The van der Waals surface area contributed by atoms with Crippen molar-refractivity contribution in [2.45, 2.75) is 18.9 Å². The second kappa shape index (κ2) is 7.42. The molecule has 1 aliphatic carbocycles. The number of benzene rings is 1. The van der Waals surface area contributed by atoms with Crippen LogP contribution in [-0.4, -0.2) is 18.9 Å². The summed E-state index contributed by atoms with van der Waals surface area (Å²) in [4.78, 5) is 11.2. The highest BCUT2D eigenvalue weighted by atomic mass is 16.1. The van der Waals surface area contributed by atoms with Gasteiger partial charge in [0.15, 0.2) is 0 Å². The zero-order chi connectivity index (χ0) is 14.2. The largest absolute Gasteiger partial charge is 0.307 e. The molecule has 3 nitrogen and oxygen atoms in total. The highest BCUT2D eigenvalue weighted by Crippen LogP contribution is 2.15. The lowest BCUT2D eigenvalue weighted by atomic mass is 9.93. The summed E-state index contributed by atoms with van der Waals surface area (Å²) < 4.78 is 0. The summed E-state index contributed by atoms with van der Waals surface area (Å²) in [6.07, 6.45) is 10.9. The summed E-state index contributed by atoms with van der Waals surface area (Å²) in [5.74, 6) is 0.249. The van der Waals surface area contributed by atoms with Crippen LogP contribution in [0.25, 0.3) is 0 Å². The van der Waals surface area contributed by atoms with Crippen LogP contribution in [0.1, 0.15) is 17.5 Å². The van der Waals surface area contributed by atoms with Crippen molar-refractivity contribution in [3.8, 4) is 6.07 Å². The molecular weight excluding hydrogens is 248 g/mol. The van der Waals surface area contributed by atoms with Gasteiger partial charge in [0.05, 0.1) is 17.7 Å². The third-order valence-corrected chi connectivity index (χ3v) is 3.50. The van der Waals surface area contributed by atoms with Gasteiger partial charge in [-0.25, -0.2) is 0 Å². The van der Waals surface area contributed by atoms with Crippen LogP contribution in [0.15, 0.2) is 48.6 Å². The van der Waals surface area contributed by atoms with Crippen molar-refractivity contribution in [1.29, 1.82) is 5.26 Å². The van der Waals surface area contributed by atoms with E-state index in [4.69, 9.17) is 5.26 Å². The fraction of sp³-hybridized carbons (Fsp3) is 0.294. The molecule has 1 aromatic carbocycles. The van der Waals surface area contributed by atoms with Gasteiger partial charge in [-0.15, -0.1) is 0 Å². The molecule has 2 atom stereocenters. The first-order chi connectivity index (χ1) is 9.83. The monoisotopic (exact) mass is 266 g/mol. The molecule has 0 bridgehead atoms. The Morgan fingerprint density at radius 3 is 2.75 bits per heavy atom. The molecule has 0 spiro atoms. The van der Waals surface area contributed by atoms with Crippen LogP contribution in [0.3, 0.4) is 0 Å². The fourth-order valence-electron chi connectivity index (χ4n) is 2.30. The molecule has 2 unspecified atom stereocenters. The lowest BCUT2D eigenvalue weighted by molar-refractivity contribution is -0.110. The number of nitrogens with one attached hydrogen (secondary N) is 1. The maximum Gasteiger partial charge on any atom is 0.137 e. The van der Waals surface area contributed by atoms with Crippen LogP contribution < -0.4 is 5.32 Å². The molecular formula is C17H18N2O. The Balaban J connectivity index is 1.81. The topological polar surface area (TPSA) is 52.9 Å². The molecule has 1 N–H and O–H groups in total. The summed E-state index contributed by atoms with van der Waals surface area (Å²) >= 11 is 0. The molecule has 0 aliphatic heterocycles. The van der Waals surface area contributed by atoms with Crippen LogP contribution in [0.2, 0.25) is 0 Å². The van der Waals surface area contributed by atoms with E-state index in [1.54, 1.807) is 0 Å². The van der Waals surface area contributed by atoms with E-state index in [0.29, 0.717) is 5.56 Å². The standard InChI is InChI=1S/C17H18N2O/c18-12-15-8-6-14(7-9-15)10-11-19-17(13-20)16-4-2-1-3-5-16/h1-4,6-9,13,16-17,19H,5,10-11H2. The van der Waals surface area contributed by atoms with Gasteiger partial charge in [-0.3, -0.25) is 0 Å². The predicted molar refractivity (Wildman–Crippen MR) is 79.1 cm³/mol. The van der Waals surface area contributed by atoms with Crippen LogP contribution in [-0.2, 0) is 11.2 Å². The second-order valence-electron chi connectivity index (χ2n) is 4.89. The minimum Gasteiger partial charge on any atom is -0.307 e. The molecule has 0 radical (unpaired) electrons. The quantitative estimate of drug-likeness (QED) is 0.804. The van der Waals surface area contributed by atoms with Gasteiger partial charge in [-0.1, -0.05) is 36.4 Å². The van der Waals surface area contributed by atoms with E-state index in [2.05, 4.69) is 23.5 Å². The van der Waals surface area contributed by atoms with Crippen LogP contribution in [0, 0.1) is 17.2 Å². The van der Waals surface area contributed by atoms with Crippen molar-refractivity contribution in [3.05, 3.63) is 59.7 Å². The highest BCUT2D eigenvalue weighted by molar-refractivity contribution is 5.59. The number of rotatable bonds is 6. The molecule has 0 amide bonds. The SMILES string of the molecule is N#Cc1ccc(CCNC(C=O)C2C=CC=CC2)cc1. The van der Waals surface area contributed by atoms with Gasteiger partial charge < -0.3 is 10.1 Å². The Hall–Kier alpha value is -2.18. The van der Waals surface area contributed by atoms with Gasteiger partial charge in [0.2, 0.25) is 0 Å². The summed E-state index contributed by atoms with van der Waals surface area (Å²) in [5, 5.41) is 12.0. The number of nitrogens with zero attached hydrogens (tertiary/aromatic N) is 1. The van der Waals surface area contributed by atoms with Crippen molar-refractivity contribution in [2.75, 3.05) is 6.54 Å². The lowest BCUT2D eigenvalue weighted by Crippen LogP contribution is -2.38. The van der Waals surface area contributed by atoms with Crippen molar-refractivity contribution in [1.82, 2.24) is 5.32 Å². The van der Waals surface area contributed by atoms with Gasteiger partial charge in [-0.05, 0) is 37.1 Å². The number of carbonyl (C=O) groups excluding carboxylic acids is 1. The molecule has 102 valence electrons. The van der Waals surface area contributed by atoms with E-state index >= 15 is 0 Å². The smallest absolute Gasteiger partial charge is 0.137 e. The number of hydrogen-bond donors (Lipinski definition) is 1. The molecule has 20 heavy (non-hydrogen) atoms. The second-order valence-corrected chi connectivity index (χ2v) is 4.89. The van der Waals surface area contributed by atoms with Crippen molar-refractivity contribution in [3.63, 3.8) is 0 Å². The minimum atomic E-state index is -0.130. The normalized spacial score (nSPS) is 18.4. The van der Waals surface area contributed by atoms with Crippen molar-refractivity contribution in [2.24, 2.45) is 5.92 Å². The van der Waals surface area contributed by atoms with E-state index in [9.17, 15) is 4.79 Å². The summed E-state index contributed by atoms with van der Waals surface area (Å²) in [6.45, 7) is 0.753. The van der Waals surface area contributed by atoms with Gasteiger partial charge in [-0.2, -0.15) is 5.26 Å². The van der Waals surface area contributed by atoms with Crippen LogP contribution >= 0.6 is 0 Å². The Bertz CT molecular complexity index is 537. The fourth-order valence-corrected chi connectivity index (χ4v) is 2.30. The van der Waals surface area contributed by atoms with E-state index in [-0.39, 0.29) is 12.0 Å². The zero-order valence-corrected chi connectivity index (χ0v) is 11.3. The Labute approximate surface area is 119 Å². The van der Waals surface area contributed by atoms with E-state index in [0.717, 1.165) is 25.7 Å². The summed E-state index contributed by atoms with van der Waals surface area (Å²) in [7, 11) is 0. The third kappa shape index (κ3) is 3.91. The molecule has 0 saturated carbocycles. The average Bonchev–Trinajstić information content (AvgIpc) is 2.53. The van der Waals surface area contributed by atoms with E-state index < -0.39 is 0 Å². The average molecular weight is 266 g/mol. The number of carbonyl (C=O) groups is 1. The Morgan fingerprint density at radius 1 is 1.35 bits per heavy atom. The first-order valence-electron chi connectivity index (χ1n) is 6.84. The molecule has 0 aromatic heterocycles. The predicted octanol–water partition coefficient (Wildman–Crippen LogP) is 2.39. The molecule has 1 aliphatic rings. The molecule has 0 saturated heterocycles. The van der Waals surface area contributed by atoms with E-state index in [1.807, 2.05) is 36.4 Å².